The number of unbranched alkanes of at least 4 members (excludes halogenated alkanes) is 5. The Bertz CT molecular complexity index is 398. The molecule has 0 aromatic rings. The Morgan fingerprint density at radius 3 is 2.18 bits per heavy atom. The predicted octanol–water partition coefficient (Wildman–Crippen LogP) is 2.66. The van der Waals surface area contributed by atoms with Crippen LogP contribution in [0.4, 0.5) is 0 Å². The second kappa shape index (κ2) is 12.1. The van der Waals surface area contributed by atoms with E-state index in [-0.39, 0.29) is 12.2 Å². The topological polar surface area (TPSA) is 83.8 Å². The van der Waals surface area contributed by atoms with E-state index in [0.29, 0.717) is 12.0 Å². The number of carbonyl (C=O) groups is 2. The molecule has 0 aromatic carbocycles. The Balaban J connectivity index is 3.96. The average molecular weight is 312 g/mol. The zero-order chi connectivity index (χ0) is 17.0. The van der Waals surface area contributed by atoms with Crippen molar-refractivity contribution >= 4 is 11.9 Å². The molecule has 2 N–H and O–H groups in total. The highest BCUT2D eigenvalue weighted by molar-refractivity contribution is 6.01. The average Bonchev–Trinajstić information content (AvgIpc) is 2.51. The highest BCUT2D eigenvalue weighted by atomic mass is 16.6. The highest BCUT2D eigenvalue weighted by Gasteiger charge is 2.20. The van der Waals surface area contributed by atoms with Crippen LogP contribution in [0.3, 0.4) is 0 Å². The van der Waals surface area contributed by atoms with Crippen molar-refractivity contribution in [1.29, 1.82) is 0 Å². The van der Waals surface area contributed by atoms with E-state index in [4.69, 9.17) is 5.11 Å². The molecule has 0 aliphatic rings. The largest absolute Gasteiger partial charge is 0.396 e. The molecule has 22 heavy (non-hydrogen) atoms. The normalized spacial score (nSPS) is 12.8. The molecule has 0 radical (unpaired) electrons. The van der Waals surface area contributed by atoms with Crippen molar-refractivity contribution < 1.29 is 24.5 Å². The van der Waals surface area contributed by atoms with Crippen LogP contribution in [0, 0.1) is 0 Å². The Morgan fingerprint density at radius 2 is 1.64 bits per heavy atom. The van der Waals surface area contributed by atoms with Crippen LogP contribution < -0.4 is 0 Å². The summed E-state index contributed by atoms with van der Waals surface area (Å²) in [5.74, 6) is -1.59. The Hall–Kier alpha value is -1.46. The van der Waals surface area contributed by atoms with Crippen LogP contribution in [-0.2, 0) is 14.3 Å². The highest BCUT2D eigenvalue weighted by Crippen LogP contribution is 2.14. The molecule has 0 aromatic heterocycles. The molecule has 0 bridgehead atoms. The standard InChI is InChI=1S/C17H28O5/c1-4-13(2)16(20)22-17(21)14(3)15(19)11-9-7-5-6-8-10-12-18/h4,15,18-19H,3,5-12H2,1-2H3. The first-order chi connectivity index (χ1) is 10.4. The zero-order valence-corrected chi connectivity index (χ0v) is 13.6. The lowest BCUT2D eigenvalue weighted by molar-refractivity contribution is -0.154. The molecule has 5 nitrogen and oxygen atoms in total. The van der Waals surface area contributed by atoms with Crippen molar-refractivity contribution in [3.05, 3.63) is 23.8 Å². The fourth-order valence-electron chi connectivity index (χ4n) is 1.81. The minimum Gasteiger partial charge on any atom is -0.396 e. The number of allylic oxidation sites excluding steroid dienone is 1. The maximum Gasteiger partial charge on any atom is 0.343 e. The minimum absolute atomic E-state index is 0.0856. The molecule has 1 atom stereocenters. The van der Waals surface area contributed by atoms with Gasteiger partial charge in [0.05, 0.1) is 11.7 Å². The van der Waals surface area contributed by atoms with E-state index in [1.165, 1.54) is 0 Å². The second-order valence-corrected chi connectivity index (χ2v) is 5.32. The molecule has 5 heteroatoms. The molecule has 0 saturated carbocycles. The van der Waals surface area contributed by atoms with Gasteiger partial charge >= 0.3 is 11.9 Å². The number of esters is 2. The molecule has 1 unspecified atom stereocenters. The first-order valence-electron chi connectivity index (χ1n) is 7.81. The lowest BCUT2D eigenvalue weighted by Crippen LogP contribution is -2.22. The Kier molecular flexibility index (Phi) is 11.3. The molecule has 126 valence electrons. The summed E-state index contributed by atoms with van der Waals surface area (Å²) >= 11 is 0. The second-order valence-electron chi connectivity index (χ2n) is 5.32. The lowest BCUT2D eigenvalue weighted by Gasteiger charge is -2.12. The van der Waals surface area contributed by atoms with Crippen molar-refractivity contribution in [1.82, 2.24) is 0 Å². The smallest absolute Gasteiger partial charge is 0.343 e. The molecule has 0 heterocycles. The van der Waals surface area contributed by atoms with E-state index in [0.717, 1.165) is 38.5 Å². The van der Waals surface area contributed by atoms with E-state index in [2.05, 4.69) is 11.3 Å². The van der Waals surface area contributed by atoms with Crippen molar-refractivity contribution in [3.8, 4) is 0 Å². The molecular formula is C17H28O5. The van der Waals surface area contributed by atoms with Gasteiger partial charge < -0.3 is 14.9 Å². The monoisotopic (exact) mass is 312 g/mol. The first kappa shape index (κ1) is 20.5. The molecular weight excluding hydrogens is 284 g/mol. The third-order valence-corrected chi connectivity index (χ3v) is 3.49. The van der Waals surface area contributed by atoms with Crippen molar-refractivity contribution in [2.75, 3.05) is 6.61 Å². The number of carbonyl (C=O) groups excluding carboxylic acids is 2. The van der Waals surface area contributed by atoms with Crippen LogP contribution in [-0.4, -0.2) is 34.9 Å². The summed E-state index contributed by atoms with van der Waals surface area (Å²) in [6.07, 6.45) is 6.62. The maximum atomic E-state index is 11.7. The number of hydrogen-bond acceptors (Lipinski definition) is 5. The van der Waals surface area contributed by atoms with Gasteiger partial charge in [-0.1, -0.05) is 44.8 Å². The van der Waals surface area contributed by atoms with E-state index in [9.17, 15) is 14.7 Å². The van der Waals surface area contributed by atoms with E-state index in [1.807, 2.05) is 0 Å². The van der Waals surface area contributed by atoms with E-state index in [1.54, 1.807) is 19.9 Å². The van der Waals surface area contributed by atoms with E-state index < -0.39 is 18.0 Å². The maximum absolute atomic E-state index is 11.7. The van der Waals surface area contributed by atoms with Crippen molar-refractivity contribution in [2.24, 2.45) is 0 Å². The molecule has 0 fully saturated rings. The summed E-state index contributed by atoms with van der Waals surface area (Å²) in [5, 5.41) is 18.5. The van der Waals surface area contributed by atoms with Crippen LogP contribution in [0.2, 0.25) is 0 Å². The molecule has 0 aliphatic heterocycles. The fourth-order valence-corrected chi connectivity index (χ4v) is 1.81. The van der Waals surface area contributed by atoms with Gasteiger partial charge in [-0.15, -0.1) is 0 Å². The number of ether oxygens (including phenoxy) is 1. The first-order valence-corrected chi connectivity index (χ1v) is 7.81. The third-order valence-electron chi connectivity index (χ3n) is 3.49. The summed E-state index contributed by atoms with van der Waals surface area (Å²) < 4.78 is 4.63. The van der Waals surface area contributed by atoms with Gasteiger partial charge in [0.15, 0.2) is 0 Å². The summed E-state index contributed by atoms with van der Waals surface area (Å²) in [6, 6.07) is 0. The molecule has 0 amide bonds. The summed E-state index contributed by atoms with van der Waals surface area (Å²) in [4.78, 5) is 23.1. The Morgan fingerprint density at radius 1 is 1.09 bits per heavy atom. The van der Waals surface area contributed by atoms with Crippen LogP contribution >= 0.6 is 0 Å². The number of hydrogen-bond donors (Lipinski definition) is 2. The predicted molar refractivity (Wildman–Crippen MR) is 85.1 cm³/mol. The molecule has 0 spiro atoms. The number of rotatable bonds is 11. The zero-order valence-electron chi connectivity index (χ0n) is 13.6. The lowest BCUT2D eigenvalue weighted by atomic mass is 10.0. The molecule has 0 aliphatic carbocycles. The van der Waals surface area contributed by atoms with Gasteiger partial charge in [0.25, 0.3) is 0 Å². The Labute approximate surface area is 132 Å². The van der Waals surface area contributed by atoms with Gasteiger partial charge in [-0.2, -0.15) is 0 Å². The van der Waals surface area contributed by atoms with Crippen molar-refractivity contribution in [2.45, 2.75) is 64.9 Å². The van der Waals surface area contributed by atoms with E-state index >= 15 is 0 Å². The van der Waals surface area contributed by atoms with Crippen LogP contribution in [0.1, 0.15) is 58.8 Å². The molecule has 0 rings (SSSR count). The summed E-state index contributed by atoms with van der Waals surface area (Å²) in [7, 11) is 0. The van der Waals surface area contributed by atoms with Crippen LogP contribution in [0.25, 0.3) is 0 Å². The van der Waals surface area contributed by atoms with Gasteiger partial charge in [0.1, 0.15) is 0 Å². The van der Waals surface area contributed by atoms with Gasteiger partial charge in [-0.05, 0) is 26.7 Å². The molecule has 0 saturated heterocycles. The van der Waals surface area contributed by atoms with Crippen molar-refractivity contribution in [3.63, 3.8) is 0 Å². The summed E-state index contributed by atoms with van der Waals surface area (Å²) in [6.45, 7) is 6.96. The third kappa shape index (κ3) is 8.74. The van der Waals surface area contributed by atoms with Gasteiger partial charge in [-0.3, -0.25) is 0 Å². The number of aliphatic hydroxyl groups excluding tert-OH is 2. The van der Waals surface area contributed by atoms with Gasteiger partial charge in [0, 0.05) is 12.2 Å². The number of aliphatic hydroxyl groups is 2. The fraction of sp³-hybridized carbons (Fsp3) is 0.647. The quantitative estimate of drug-likeness (QED) is 0.265. The van der Waals surface area contributed by atoms with Crippen LogP contribution in [0.15, 0.2) is 23.8 Å². The summed E-state index contributed by atoms with van der Waals surface area (Å²) in [5.41, 5.74) is 0.246. The van der Waals surface area contributed by atoms with Crippen LogP contribution in [0.5, 0.6) is 0 Å². The van der Waals surface area contributed by atoms with Gasteiger partial charge in [-0.25, -0.2) is 9.59 Å². The minimum atomic E-state index is -0.983. The van der Waals surface area contributed by atoms with Gasteiger partial charge in [0.2, 0.25) is 0 Å². The SMILES string of the molecule is C=C(C(=O)OC(=O)C(C)=CC)C(O)CCCCCCCCO.